The van der Waals surface area contributed by atoms with Crippen molar-refractivity contribution in [3.05, 3.63) is 29.3 Å². The van der Waals surface area contributed by atoms with Crippen LogP contribution in [0.5, 0.6) is 5.75 Å². The van der Waals surface area contributed by atoms with Crippen LogP contribution < -0.4 is 4.74 Å². The number of methoxy groups -OCH3 is 1. The lowest BCUT2D eigenvalue weighted by Gasteiger charge is -2.17. The van der Waals surface area contributed by atoms with Crippen molar-refractivity contribution in [3.63, 3.8) is 0 Å². The zero-order valence-electron chi connectivity index (χ0n) is 10.6. The van der Waals surface area contributed by atoms with Crippen molar-refractivity contribution < 1.29 is 14.6 Å². The van der Waals surface area contributed by atoms with E-state index >= 15 is 0 Å². The number of ether oxygens (including phenoxy) is 2. The third kappa shape index (κ3) is 2.61. The van der Waals surface area contributed by atoms with E-state index in [4.69, 9.17) is 9.47 Å². The number of hydrogen-bond acceptors (Lipinski definition) is 3. The molecule has 1 aliphatic rings. The van der Waals surface area contributed by atoms with Gasteiger partial charge in [-0.15, -0.1) is 0 Å². The van der Waals surface area contributed by atoms with Crippen LogP contribution in [0.4, 0.5) is 0 Å². The van der Waals surface area contributed by atoms with Crippen molar-refractivity contribution in [2.75, 3.05) is 13.7 Å². The normalized spacial score (nSPS) is 22.9. The largest absolute Gasteiger partial charge is 0.497 e. The van der Waals surface area contributed by atoms with Crippen molar-refractivity contribution in [2.45, 2.75) is 32.5 Å². The second-order valence-corrected chi connectivity index (χ2v) is 4.98. The first-order valence-corrected chi connectivity index (χ1v) is 6.08. The van der Waals surface area contributed by atoms with Gasteiger partial charge in [-0.3, -0.25) is 0 Å². The minimum atomic E-state index is -0.529. The molecular formula is C14H20O3. The van der Waals surface area contributed by atoms with E-state index in [1.807, 2.05) is 18.2 Å². The van der Waals surface area contributed by atoms with E-state index in [9.17, 15) is 5.11 Å². The fourth-order valence-electron chi connectivity index (χ4n) is 2.16. The van der Waals surface area contributed by atoms with Gasteiger partial charge in [0.15, 0.2) is 0 Å². The van der Waals surface area contributed by atoms with Gasteiger partial charge in [0.05, 0.1) is 13.2 Å². The van der Waals surface area contributed by atoms with Crippen LogP contribution in [0, 0.1) is 5.92 Å². The summed E-state index contributed by atoms with van der Waals surface area (Å²) in [4.78, 5) is 0. The Kier molecular flexibility index (Phi) is 3.69. The first-order valence-electron chi connectivity index (χ1n) is 6.08. The van der Waals surface area contributed by atoms with E-state index in [-0.39, 0.29) is 6.10 Å². The summed E-state index contributed by atoms with van der Waals surface area (Å²) in [7, 11) is 1.63. The quantitative estimate of drug-likeness (QED) is 0.872. The summed E-state index contributed by atoms with van der Waals surface area (Å²) < 4.78 is 10.9. The minimum absolute atomic E-state index is 0.112. The van der Waals surface area contributed by atoms with Crippen LogP contribution in [-0.2, 0) is 11.2 Å². The Morgan fingerprint density at radius 1 is 1.41 bits per heavy atom. The van der Waals surface area contributed by atoms with Gasteiger partial charge in [-0.25, -0.2) is 0 Å². The van der Waals surface area contributed by atoms with Crippen LogP contribution in [0.3, 0.4) is 0 Å². The van der Waals surface area contributed by atoms with Gasteiger partial charge in [-0.1, -0.05) is 19.9 Å². The Morgan fingerprint density at radius 2 is 2.18 bits per heavy atom. The van der Waals surface area contributed by atoms with Gasteiger partial charge in [-0.2, -0.15) is 0 Å². The molecular weight excluding hydrogens is 216 g/mol. The maximum absolute atomic E-state index is 10.2. The smallest absolute Gasteiger partial charge is 0.119 e. The molecule has 2 unspecified atom stereocenters. The lowest BCUT2D eigenvalue weighted by molar-refractivity contribution is -0.0370. The van der Waals surface area contributed by atoms with Crippen molar-refractivity contribution in [2.24, 2.45) is 5.92 Å². The van der Waals surface area contributed by atoms with Crippen LogP contribution in [0.15, 0.2) is 18.2 Å². The summed E-state index contributed by atoms with van der Waals surface area (Å²) in [5.41, 5.74) is 2.10. The van der Waals surface area contributed by atoms with Crippen molar-refractivity contribution >= 4 is 0 Å². The summed E-state index contributed by atoms with van der Waals surface area (Å²) in [6, 6.07) is 5.84. The first-order chi connectivity index (χ1) is 8.11. The van der Waals surface area contributed by atoms with E-state index in [2.05, 4.69) is 13.8 Å². The maximum Gasteiger partial charge on any atom is 0.119 e. The molecule has 1 N–H and O–H groups in total. The Morgan fingerprint density at radius 3 is 2.82 bits per heavy atom. The molecule has 1 aromatic rings. The number of benzene rings is 1. The molecule has 0 amide bonds. The molecule has 0 radical (unpaired) electrons. The van der Waals surface area contributed by atoms with Crippen LogP contribution in [0.25, 0.3) is 0 Å². The van der Waals surface area contributed by atoms with E-state index in [0.717, 1.165) is 23.3 Å². The highest BCUT2D eigenvalue weighted by molar-refractivity contribution is 5.41. The average Bonchev–Trinajstić information content (AvgIpc) is 2.63. The number of fused-ring (bicyclic) bond motifs is 1. The van der Waals surface area contributed by atoms with E-state index in [0.29, 0.717) is 12.5 Å². The fourth-order valence-corrected chi connectivity index (χ4v) is 2.16. The highest BCUT2D eigenvalue weighted by Gasteiger charge is 2.32. The molecule has 1 aliphatic carbocycles. The Labute approximate surface area is 102 Å². The molecule has 3 heteroatoms. The Balaban J connectivity index is 2.09. The van der Waals surface area contributed by atoms with E-state index < -0.39 is 6.10 Å². The van der Waals surface area contributed by atoms with Crippen LogP contribution in [0.2, 0.25) is 0 Å². The molecule has 0 spiro atoms. The number of aliphatic hydroxyl groups is 1. The molecule has 2 rings (SSSR count). The minimum Gasteiger partial charge on any atom is -0.497 e. The molecule has 17 heavy (non-hydrogen) atoms. The fraction of sp³-hybridized carbons (Fsp3) is 0.571. The Hall–Kier alpha value is -1.06. The van der Waals surface area contributed by atoms with Crippen LogP contribution in [-0.4, -0.2) is 24.9 Å². The molecule has 94 valence electrons. The summed E-state index contributed by atoms with van der Waals surface area (Å²) in [6.45, 7) is 4.90. The van der Waals surface area contributed by atoms with Crippen molar-refractivity contribution in [1.29, 1.82) is 0 Å². The van der Waals surface area contributed by atoms with Crippen LogP contribution >= 0.6 is 0 Å². The molecule has 0 heterocycles. The summed E-state index contributed by atoms with van der Waals surface area (Å²) >= 11 is 0. The number of rotatable bonds is 4. The topological polar surface area (TPSA) is 38.7 Å². The average molecular weight is 236 g/mol. The third-order valence-electron chi connectivity index (χ3n) is 3.09. The van der Waals surface area contributed by atoms with Gasteiger partial charge in [0.1, 0.15) is 11.9 Å². The van der Waals surface area contributed by atoms with Crippen molar-refractivity contribution in [1.82, 2.24) is 0 Å². The number of hydrogen-bond donors (Lipinski definition) is 1. The summed E-state index contributed by atoms with van der Waals surface area (Å²) in [5.74, 6) is 1.27. The molecule has 0 aliphatic heterocycles. The lowest BCUT2D eigenvalue weighted by atomic mass is 10.1. The molecule has 0 saturated carbocycles. The molecule has 1 aromatic carbocycles. The van der Waals surface area contributed by atoms with Crippen LogP contribution in [0.1, 0.15) is 31.1 Å². The first kappa shape index (κ1) is 12.4. The molecule has 2 atom stereocenters. The van der Waals surface area contributed by atoms with E-state index in [1.54, 1.807) is 7.11 Å². The monoisotopic (exact) mass is 236 g/mol. The molecule has 0 fully saturated rings. The van der Waals surface area contributed by atoms with Gasteiger partial charge in [-0.05, 0) is 29.2 Å². The van der Waals surface area contributed by atoms with Crippen molar-refractivity contribution in [3.8, 4) is 5.75 Å². The van der Waals surface area contributed by atoms with Gasteiger partial charge < -0.3 is 14.6 Å². The molecule has 3 nitrogen and oxygen atoms in total. The third-order valence-corrected chi connectivity index (χ3v) is 3.09. The maximum atomic E-state index is 10.2. The zero-order chi connectivity index (χ0) is 12.4. The standard InChI is InChI=1S/C14H20O3/c1-9(2)8-17-13-6-10-4-5-11(16-3)7-12(10)14(13)15/h4-5,7,9,13-15H,6,8H2,1-3H3. The Bertz CT molecular complexity index is 387. The lowest BCUT2D eigenvalue weighted by Crippen LogP contribution is -2.20. The van der Waals surface area contributed by atoms with Gasteiger partial charge in [0, 0.05) is 13.0 Å². The predicted molar refractivity (Wildman–Crippen MR) is 66.2 cm³/mol. The van der Waals surface area contributed by atoms with Gasteiger partial charge >= 0.3 is 0 Å². The predicted octanol–water partition coefficient (Wildman–Crippen LogP) is 2.33. The highest BCUT2D eigenvalue weighted by Crippen LogP contribution is 2.35. The second kappa shape index (κ2) is 5.07. The van der Waals surface area contributed by atoms with Gasteiger partial charge in [0.25, 0.3) is 0 Å². The molecule has 0 saturated heterocycles. The SMILES string of the molecule is COc1ccc2c(c1)C(O)C(OCC(C)C)C2. The summed E-state index contributed by atoms with van der Waals surface area (Å²) in [5, 5.41) is 10.2. The van der Waals surface area contributed by atoms with Gasteiger partial charge in [0.2, 0.25) is 0 Å². The number of aliphatic hydroxyl groups excluding tert-OH is 1. The summed E-state index contributed by atoms with van der Waals surface area (Å²) in [6.07, 6.45) is 0.145. The second-order valence-electron chi connectivity index (χ2n) is 4.98. The highest BCUT2D eigenvalue weighted by atomic mass is 16.5. The zero-order valence-corrected chi connectivity index (χ0v) is 10.6. The molecule has 0 aromatic heterocycles. The molecule has 0 bridgehead atoms. The van der Waals surface area contributed by atoms with E-state index in [1.165, 1.54) is 0 Å².